The number of nitro groups is 1. The smallest absolute Gasteiger partial charge is 0.295 e. The van der Waals surface area contributed by atoms with Gasteiger partial charge in [-0.15, -0.1) is 0 Å². The Hall–Kier alpha value is -2.36. The van der Waals surface area contributed by atoms with Crippen LogP contribution in [-0.4, -0.2) is 11.0 Å². The zero-order valence-corrected chi connectivity index (χ0v) is 12.4. The van der Waals surface area contributed by atoms with Gasteiger partial charge in [-0.3, -0.25) is 10.1 Å². The van der Waals surface area contributed by atoms with E-state index >= 15 is 0 Å². The van der Waals surface area contributed by atoms with Gasteiger partial charge in [-0.25, -0.2) is 0 Å². The SMILES string of the molecule is Cc1cccc(NC(C)CCc2ccccc2)c1[N+](=O)[O-]. The van der Waals surface area contributed by atoms with Gasteiger partial charge in [-0.2, -0.15) is 0 Å². The maximum Gasteiger partial charge on any atom is 0.295 e. The Balaban J connectivity index is 2.01. The first-order valence-corrected chi connectivity index (χ1v) is 7.12. The lowest BCUT2D eigenvalue weighted by atomic mass is 10.1. The van der Waals surface area contributed by atoms with E-state index in [1.807, 2.05) is 24.3 Å². The van der Waals surface area contributed by atoms with Gasteiger partial charge in [0.1, 0.15) is 5.69 Å². The number of hydrogen-bond donors (Lipinski definition) is 1. The molecular weight excluding hydrogens is 264 g/mol. The molecule has 0 aliphatic carbocycles. The highest BCUT2D eigenvalue weighted by atomic mass is 16.6. The molecule has 0 aromatic heterocycles. The van der Waals surface area contributed by atoms with Crippen molar-refractivity contribution in [2.24, 2.45) is 0 Å². The molecule has 1 N–H and O–H groups in total. The van der Waals surface area contributed by atoms with E-state index in [2.05, 4.69) is 24.4 Å². The molecule has 4 heteroatoms. The van der Waals surface area contributed by atoms with Gasteiger partial charge < -0.3 is 5.32 Å². The molecule has 0 radical (unpaired) electrons. The predicted octanol–water partition coefficient (Wildman–Crippen LogP) is 4.34. The van der Waals surface area contributed by atoms with E-state index in [1.54, 1.807) is 19.1 Å². The Kier molecular flexibility index (Phi) is 4.93. The summed E-state index contributed by atoms with van der Waals surface area (Å²) >= 11 is 0. The van der Waals surface area contributed by atoms with Gasteiger partial charge in [0.25, 0.3) is 5.69 Å². The molecule has 21 heavy (non-hydrogen) atoms. The number of nitro benzene ring substituents is 1. The molecule has 0 saturated carbocycles. The lowest BCUT2D eigenvalue weighted by Crippen LogP contribution is -2.17. The van der Waals surface area contributed by atoms with Crippen molar-refractivity contribution in [1.82, 2.24) is 0 Å². The first-order chi connectivity index (χ1) is 10.1. The van der Waals surface area contributed by atoms with E-state index < -0.39 is 0 Å². The van der Waals surface area contributed by atoms with Gasteiger partial charge in [0, 0.05) is 11.6 Å². The highest BCUT2D eigenvalue weighted by molar-refractivity contribution is 5.65. The number of hydrogen-bond acceptors (Lipinski definition) is 3. The van der Waals surface area contributed by atoms with Gasteiger partial charge >= 0.3 is 0 Å². The number of rotatable bonds is 6. The Labute approximate surface area is 125 Å². The average Bonchev–Trinajstić information content (AvgIpc) is 2.46. The number of nitrogens with one attached hydrogen (secondary N) is 1. The van der Waals surface area contributed by atoms with Crippen molar-refractivity contribution in [2.45, 2.75) is 32.7 Å². The fourth-order valence-electron chi connectivity index (χ4n) is 2.38. The van der Waals surface area contributed by atoms with Gasteiger partial charge in [0.15, 0.2) is 0 Å². The lowest BCUT2D eigenvalue weighted by Gasteiger charge is -2.16. The summed E-state index contributed by atoms with van der Waals surface area (Å²) in [5, 5.41) is 14.4. The van der Waals surface area contributed by atoms with Crippen LogP contribution in [0.4, 0.5) is 11.4 Å². The Bertz CT molecular complexity index is 611. The molecule has 1 atom stereocenters. The largest absolute Gasteiger partial charge is 0.377 e. The highest BCUT2D eigenvalue weighted by Crippen LogP contribution is 2.28. The van der Waals surface area contributed by atoms with Crippen LogP contribution >= 0.6 is 0 Å². The number of aryl methyl sites for hydroxylation is 2. The summed E-state index contributed by atoms with van der Waals surface area (Å²) in [6.45, 7) is 3.81. The summed E-state index contributed by atoms with van der Waals surface area (Å²) < 4.78 is 0. The van der Waals surface area contributed by atoms with Crippen LogP contribution in [-0.2, 0) is 6.42 Å². The van der Waals surface area contributed by atoms with Crippen molar-refractivity contribution in [3.8, 4) is 0 Å². The van der Waals surface area contributed by atoms with Crippen LogP contribution in [0.15, 0.2) is 48.5 Å². The monoisotopic (exact) mass is 284 g/mol. The van der Waals surface area contributed by atoms with Crippen LogP contribution in [0.1, 0.15) is 24.5 Å². The highest BCUT2D eigenvalue weighted by Gasteiger charge is 2.17. The second-order valence-electron chi connectivity index (χ2n) is 5.30. The van der Waals surface area contributed by atoms with Crippen LogP contribution in [0.2, 0.25) is 0 Å². The molecule has 0 aliphatic rings. The van der Waals surface area contributed by atoms with Crippen molar-refractivity contribution in [2.75, 3.05) is 5.32 Å². The molecule has 2 aromatic rings. The van der Waals surface area contributed by atoms with E-state index in [0.29, 0.717) is 11.3 Å². The number of para-hydroxylation sites is 1. The molecular formula is C17H20N2O2. The topological polar surface area (TPSA) is 55.2 Å². The average molecular weight is 284 g/mol. The van der Waals surface area contributed by atoms with E-state index in [0.717, 1.165) is 12.8 Å². The molecule has 0 bridgehead atoms. The molecule has 4 nitrogen and oxygen atoms in total. The van der Waals surface area contributed by atoms with Crippen LogP contribution in [0.25, 0.3) is 0 Å². The maximum atomic E-state index is 11.2. The van der Waals surface area contributed by atoms with Gasteiger partial charge in [-0.1, -0.05) is 42.5 Å². The quantitative estimate of drug-likeness (QED) is 0.634. The van der Waals surface area contributed by atoms with Gasteiger partial charge in [0.2, 0.25) is 0 Å². The van der Waals surface area contributed by atoms with Gasteiger partial charge in [-0.05, 0) is 38.3 Å². The van der Waals surface area contributed by atoms with Crippen LogP contribution in [0.3, 0.4) is 0 Å². The molecule has 110 valence electrons. The third-order valence-electron chi connectivity index (χ3n) is 3.53. The van der Waals surface area contributed by atoms with Crippen molar-refractivity contribution in [3.63, 3.8) is 0 Å². The van der Waals surface area contributed by atoms with E-state index in [4.69, 9.17) is 0 Å². The zero-order valence-electron chi connectivity index (χ0n) is 12.4. The number of nitrogens with zero attached hydrogens (tertiary/aromatic N) is 1. The fraction of sp³-hybridized carbons (Fsp3) is 0.294. The third-order valence-corrected chi connectivity index (χ3v) is 3.53. The number of anilines is 1. The molecule has 2 rings (SSSR count). The van der Waals surface area contributed by atoms with Crippen molar-refractivity contribution >= 4 is 11.4 Å². The second-order valence-corrected chi connectivity index (χ2v) is 5.30. The summed E-state index contributed by atoms with van der Waals surface area (Å²) in [6.07, 6.45) is 1.88. The summed E-state index contributed by atoms with van der Waals surface area (Å²) in [4.78, 5) is 10.9. The molecule has 1 unspecified atom stereocenters. The molecule has 0 heterocycles. The Morgan fingerprint density at radius 2 is 1.86 bits per heavy atom. The molecule has 2 aromatic carbocycles. The van der Waals surface area contributed by atoms with Gasteiger partial charge in [0.05, 0.1) is 4.92 Å². The zero-order chi connectivity index (χ0) is 15.2. The maximum absolute atomic E-state index is 11.2. The predicted molar refractivity (Wildman–Crippen MR) is 85.7 cm³/mol. The molecule has 0 aliphatic heterocycles. The molecule has 0 saturated heterocycles. The summed E-state index contributed by atoms with van der Waals surface area (Å²) in [5.74, 6) is 0. The van der Waals surface area contributed by atoms with Crippen molar-refractivity contribution in [3.05, 3.63) is 69.8 Å². The second kappa shape index (κ2) is 6.88. The number of benzene rings is 2. The Morgan fingerprint density at radius 3 is 2.52 bits per heavy atom. The minimum atomic E-state index is -0.318. The summed E-state index contributed by atoms with van der Waals surface area (Å²) in [6, 6.07) is 15.8. The van der Waals surface area contributed by atoms with E-state index in [-0.39, 0.29) is 16.7 Å². The summed E-state index contributed by atoms with van der Waals surface area (Å²) in [5.41, 5.74) is 2.73. The molecule has 0 spiro atoms. The van der Waals surface area contributed by atoms with Crippen LogP contribution < -0.4 is 5.32 Å². The summed E-state index contributed by atoms with van der Waals surface area (Å²) in [7, 11) is 0. The van der Waals surface area contributed by atoms with E-state index in [1.165, 1.54) is 5.56 Å². The normalized spacial score (nSPS) is 11.9. The third kappa shape index (κ3) is 4.05. The molecule has 0 amide bonds. The first-order valence-electron chi connectivity index (χ1n) is 7.12. The standard InChI is InChI=1S/C17H20N2O2/c1-13-7-6-10-16(17(13)19(20)21)18-14(2)11-12-15-8-4-3-5-9-15/h3-10,14,18H,11-12H2,1-2H3. The fourth-order valence-corrected chi connectivity index (χ4v) is 2.38. The van der Waals surface area contributed by atoms with Crippen molar-refractivity contribution < 1.29 is 4.92 Å². The van der Waals surface area contributed by atoms with Crippen LogP contribution in [0, 0.1) is 17.0 Å². The lowest BCUT2D eigenvalue weighted by molar-refractivity contribution is -0.384. The Morgan fingerprint density at radius 1 is 1.14 bits per heavy atom. The molecule has 0 fully saturated rings. The van der Waals surface area contributed by atoms with Crippen LogP contribution in [0.5, 0.6) is 0 Å². The van der Waals surface area contributed by atoms with Crippen molar-refractivity contribution in [1.29, 1.82) is 0 Å². The first kappa shape index (κ1) is 15.0. The minimum Gasteiger partial charge on any atom is -0.377 e. The van der Waals surface area contributed by atoms with E-state index in [9.17, 15) is 10.1 Å². The minimum absolute atomic E-state index is 0.170.